The van der Waals surface area contributed by atoms with Gasteiger partial charge in [-0.2, -0.15) is 0 Å². The topological polar surface area (TPSA) is 64.6 Å². The first-order valence-electron chi connectivity index (χ1n) is 9.69. The normalized spacial score (nSPS) is 22.2. The maximum absolute atomic E-state index is 12.2. The summed E-state index contributed by atoms with van der Waals surface area (Å²) in [7, 11) is 0. The Morgan fingerprint density at radius 2 is 1.85 bits per heavy atom. The van der Waals surface area contributed by atoms with Crippen LogP contribution in [0.15, 0.2) is 30.3 Å². The van der Waals surface area contributed by atoms with Crippen molar-refractivity contribution in [3.8, 4) is 0 Å². The Bertz CT molecular complexity index is 533. The molecule has 1 amide bonds. The van der Waals surface area contributed by atoms with Gasteiger partial charge in [0.15, 0.2) is 0 Å². The lowest BCUT2D eigenvalue weighted by atomic mass is 9.95. The minimum absolute atomic E-state index is 0. The molecule has 0 aromatic heterocycles. The average molecular weight is 418 g/mol. The quantitative estimate of drug-likeness (QED) is 0.665. The number of halogens is 2. The van der Waals surface area contributed by atoms with Crippen molar-refractivity contribution >= 4 is 30.7 Å². The molecular weight excluding hydrogens is 385 g/mol. The first kappa shape index (κ1) is 24.2. The lowest BCUT2D eigenvalue weighted by Gasteiger charge is -2.33. The first-order valence-corrected chi connectivity index (χ1v) is 9.69. The summed E-state index contributed by atoms with van der Waals surface area (Å²) in [5.41, 5.74) is 0.983. The molecule has 2 atom stereocenters. The second-order valence-electron chi connectivity index (χ2n) is 7.42. The van der Waals surface area contributed by atoms with Crippen molar-refractivity contribution in [2.75, 3.05) is 32.7 Å². The molecule has 1 aromatic carbocycles. The number of amides is 1. The number of hydrogen-bond donors (Lipinski definition) is 3. The molecular formula is C20H33Cl2N3O2. The minimum atomic E-state index is -0.421. The highest BCUT2D eigenvalue weighted by atomic mass is 35.5. The van der Waals surface area contributed by atoms with Crippen molar-refractivity contribution in [3.63, 3.8) is 0 Å². The highest BCUT2D eigenvalue weighted by molar-refractivity contribution is 5.85. The Morgan fingerprint density at radius 1 is 1.15 bits per heavy atom. The van der Waals surface area contributed by atoms with Gasteiger partial charge in [-0.3, -0.25) is 4.79 Å². The third kappa shape index (κ3) is 7.59. The van der Waals surface area contributed by atoms with Crippen LogP contribution in [0.3, 0.4) is 0 Å². The average Bonchev–Trinajstić information content (AvgIpc) is 2.68. The van der Waals surface area contributed by atoms with Gasteiger partial charge in [0, 0.05) is 13.1 Å². The number of carbonyl (C=O) groups excluding carboxylic acids is 1. The molecule has 0 radical (unpaired) electrons. The molecule has 2 unspecified atom stereocenters. The van der Waals surface area contributed by atoms with Crippen molar-refractivity contribution in [1.29, 1.82) is 0 Å². The molecule has 7 heteroatoms. The molecule has 1 aromatic rings. The largest absolute Gasteiger partial charge is 0.387 e. The Labute approximate surface area is 175 Å². The van der Waals surface area contributed by atoms with Crippen LogP contribution in [0.5, 0.6) is 0 Å². The van der Waals surface area contributed by atoms with E-state index in [0.29, 0.717) is 12.5 Å². The van der Waals surface area contributed by atoms with Crippen LogP contribution in [0.25, 0.3) is 0 Å². The van der Waals surface area contributed by atoms with E-state index in [1.807, 2.05) is 30.3 Å². The van der Waals surface area contributed by atoms with Crippen LogP contribution >= 0.6 is 24.8 Å². The van der Waals surface area contributed by atoms with Crippen molar-refractivity contribution in [2.24, 2.45) is 5.92 Å². The molecule has 0 aliphatic carbocycles. The highest BCUT2D eigenvalue weighted by Gasteiger charge is 2.24. The molecule has 2 saturated heterocycles. The van der Waals surface area contributed by atoms with E-state index >= 15 is 0 Å². The number of likely N-dealkylation sites (tertiary alicyclic amines) is 1. The van der Waals surface area contributed by atoms with Crippen molar-refractivity contribution in [2.45, 2.75) is 44.2 Å². The van der Waals surface area contributed by atoms with Gasteiger partial charge < -0.3 is 20.6 Å². The van der Waals surface area contributed by atoms with Gasteiger partial charge in [0.1, 0.15) is 0 Å². The fourth-order valence-electron chi connectivity index (χ4n) is 3.84. The maximum atomic E-state index is 12.2. The zero-order valence-electron chi connectivity index (χ0n) is 15.8. The summed E-state index contributed by atoms with van der Waals surface area (Å²) in [5.74, 6) is 0.722. The first-order chi connectivity index (χ1) is 12.2. The van der Waals surface area contributed by atoms with E-state index in [2.05, 4.69) is 15.5 Å². The van der Waals surface area contributed by atoms with Crippen LogP contribution in [-0.2, 0) is 4.79 Å². The molecule has 0 bridgehead atoms. The van der Waals surface area contributed by atoms with Gasteiger partial charge in [0.25, 0.3) is 0 Å². The van der Waals surface area contributed by atoms with Crippen LogP contribution in [-0.4, -0.2) is 54.7 Å². The number of aliphatic hydroxyl groups excluding tert-OH is 1. The number of β-amino-alcohol motifs (C(OH)–C–C–N with tert-alkyl or cyclic N) is 1. The lowest BCUT2D eigenvalue weighted by molar-refractivity contribution is -0.123. The van der Waals surface area contributed by atoms with Crippen LogP contribution in [0.4, 0.5) is 0 Å². The summed E-state index contributed by atoms with van der Waals surface area (Å²) in [6.45, 7) is 4.42. The molecule has 2 aliphatic heterocycles. The van der Waals surface area contributed by atoms with Crippen molar-refractivity contribution in [3.05, 3.63) is 35.9 Å². The number of rotatable bonds is 6. The molecule has 27 heavy (non-hydrogen) atoms. The monoisotopic (exact) mass is 417 g/mol. The Morgan fingerprint density at radius 3 is 2.48 bits per heavy atom. The van der Waals surface area contributed by atoms with Crippen LogP contribution in [0.2, 0.25) is 0 Å². The summed E-state index contributed by atoms with van der Waals surface area (Å²) in [6.07, 6.45) is 5.03. The molecule has 3 rings (SSSR count). The fourth-order valence-corrected chi connectivity index (χ4v) is 3.84. The number of hydrogen-bond acceptors (Lipinski definition) is 4. The molecule has 2 fully saturated rings. The van der Waals surface area contributed by atoms with E-state index < -0.39 is 6.10 Å². The standard InChI is InChI=1S/C20H31N3O2.2ClH/c24-19(17-6-2-1-3-7-17)15-23-12-9-16(10-13-23)14-22-20(25)18-8-4-5-11-21-18;;/h1-3,6-7,16,18-19,21,24H,4-5,8-15H2,(H,22,25);2*1H. The maximum Gasteiger partial charge on any atom is 0.237 e. The van der Waals surface area contributed by atoms with Gasteiger partial charge in [-0.25, -0.2) is 0 Å². The van der Waals surface area contributed by atoms with Gasteiger partial charge in [-0.15, -0.1) is 24.8 Å². The summed E-state index contributed by atoms with van der Waals surface area (Å²) in [6, 6.07) is 9.87. The number of nitrogens with one attached hydrogen (secondary N) is 2. The van der Waals surface area contributed by atoms with Crippen molar-refractivity contribution < 1.29 is 9.90 Å². The predicted octanol–water partition coefficient (Wildman–Crippen LogP) is 2.53. The minimum Gasteiger partial charge on any atom is -0.387 e. The van der Waals surface area contributed by atoms with Crippen LogP contribution < -0.4 is 10.6 Å². The van der Waals surface area contributed by atoms with E-state index in [-0.39, 0.29) is 36.8 Å². The summed E-state index contributed by atoms with van der Waals surface area (Å²) < 4.78 is 0. The van der Waals surface area contributed by atoms with Gasteiger partial charge in [-0.1, -0.05) is 36.8 Å². The van der Waals surface area contributed by atoms with E-state index in [1.165, 1.54) is 6.42 Å². The molecule has 2 aliphatic rings. The second-order valence-corrected chi connectivity index (χ2v) is 7.42. The number of benzene rings is 1. The molecule has 154 valence electrons. The summed E-state index contributed by atoms with van der Waals surface area (Å²) in [4.78, 5) is 14.5. The predicted molar refractivity (Wildman–Crippen MR) is 114 cm³/mol. The molecule has 3 N–H and O–H groups in total. The zero-order chi connectivity index (χ0) is 17.5. The van der Waals surface area contributed by atoms with Gasteiger partial charge in [-0.05, 0) is 56.8 Å². The third-order valence-electron chi connectivity index (χ3n) is 5.51. The Balaban J connectivity index is 0.00000182. The number of aliphatic hydroxyl groups is 1. The smallest absolute Gasteiger partial charge is 0.237 e. The summed E-state index contributed by atoms with van der Waals surface area (Å²) >= 11 is 0. The zero-order valence-corrected chi connectivity index (χ0v) is 17.4. The van der Waals surface area contributed by atoms with E-state index in [9.17, 15) is 9.90 Å². The molecule has 5 nitrogen and oxygen atoms in total. The number of piperidine rings is 2. The Kier molecular flexibility index (Phi) is 11.3. The SMILES string of the molecule is Cl.Cl.O=C(NCC1CCN(CC(O)c2ccccc2)CC1)C1CCCCN1. The van der Waals surface area contributed by atoms with Crippen molar-refractivity contribution in [1.82, 2.24) is 15.5 Å². The fraction of sp³-hybridized carbons (Fsp3) is 0.650. The van der Waals surface area contributed by atoms with Gasteiger partial charge in [0.2, 0.25) is 5.91 Å². The number of carbonyl (C=O) groups is 1. The van der Waals surface area contributed by atoms with E-state index in [4.69, 9.17) is 0 Å². The third-order valence-corrected chi connectivity index (χ3v) is 5.51. The van der Waals surface area contributed by atoms with Gasteiger partial charge >= 0.3 is 0 Å². The number of nitrogens with zero attached hydrogens (tertiary/aromatic N) is 1. The second kappa shape index (κ2) is 12.6. The molecule has 0 saturated carbocycles. The van der Waals surface area contributed by atoms with E-state index in [1.54, 1.807) is 0 Å². The highest BCUT2D eigenvalue weighted by Crippen LogP contribution is 2.20. The Hall–Kier alpha value is -0.850. The van der Waals surface area contributed by atoms with E-state index in [0.717, 1.165) is 57.4 Å². The van der Waals surface area contributed by atoms with Gasteiger partial charge in [0.05, 0.1) is 12.1 Å². The molecule has 2 heterocycles. The van der Waals surface area contributed by atoms with Crippen LogP contribution in [0, 0.1) is 5.92 Å². The lowest BCUT2D eigenvalue weighted by Crippen LogP contribution is -2.48. The summed E-state index contributed by atoms with van der Waals surface area (Å²) in [5, 5.41) is 16.8. The van der Waals surface area contributed by atoms with Crippen LogP contribution in [0.1, 0.15) is 43.8 Å². The molecule has 0 spiro atoms.